The predicted octanol–water partition coefficient (Wildman–Crippen LogP) is 12.5. The lowest BCUT2D eigenvalue weighted by atomic mass is 10.1. The lowest BCUT2D eigenvalue weighted by molar-refractivity contribution is -0.137. The Hall–Kier alpha value is -5.27. The first-order valence-corrected chi connectivity index (χ1v) is 15.7. The van der Waals surface area contributed by atoms with Crippen molar-refractivity contribution in [3.05, 3.63) is 139 Å². The van der Waals surface area contributed by atoms with Gasteiger partial charge in [-0.25, -0.2) is 0 Å². The van der Waals surface area contributed by atoms with Crippen molar-refractivity contribution in [2.24, 2.45) is 0 Å². The number of alkyl halides is 3. The molecule has 6 aromatic carbocycles. The monoisotopic (exact) mass is 628 g/mol. The Balaban J connectivity index is 1.20. The van der Waals surface area contributed by atoms with Crippen LogP contribution in [0.5, 0.6) is 0 Å². The van der Waals surface area contributed by atoms with E-state index in [1.165, 1.54) is 37.9 Å². The minimum Gasteiger partial charge on any atom is -0.456 e. The molecule has 8 aromatic rings. The predicted molar refractivity (Wildman–Crippen MR) is 186 cm³/mol. The largest absolute Gasteiger partial charge is 0.456 e. The number of anilines is 5. The van der Waals surface area contributed by atoms with Gasteiger partial charge in [-0.3, -0.25) is 0 Å². The molecule has 7 heteroatoms. The van der Waals surface area contributed by atoms with Gasteiger partial charge in [0.05, 0.1) is 5.56 Å². The minimum atomic E-state index is -4.37. The van der Waals surface area contributed by atoms with E-state index >= 15 is 0 Å². The Bertz CT molecular complexity index is 2390. The molecule has 0 spiro atoms. The first-order chi connectivity index (χ1) is 22.2. The van der Waals surface area contributed by atoms with Crippen molar-refractivity contribution in [2.45, 2.75) is 13.1 Å². The van der Waals surface area contributed by atoms with E-state index in [0.29, 0.717) is 11.3 Å². The summed E-state index contributed by atoms with van der Waals surface area (Å²) in [6, 6.07) is 40.9. The van der Waals surface area contributed by atoms with E-state index in [1.54, 1.807) is 0 Å². The summed E-state index contributed by atoms with van der Waals surface area (Å²) in [5, 5.41) is 4.46. The van der Waals surface area contributed by atoms with Crippen LogP contribution in [0.1, 0.15) is 11.1 Å². The summed E-state index contributed by atoms with van der Waals surface area (Å²) in [5.41, 5.74) is 6.53. The third-order valence-corrected chi connectivity index (χ3v) is 9.70. The van der Waals surface area contributed by atoms with Crippen LogP contribution in [0.2, 0.25) is 0 Å². The molecule has 2 heterocycles. The lowest BCUT2D eigenvalue weighted by Crippen LogP contribution is -2.10. The fourth-order valence-electron chi connectivity index (χ4n) is 6.17. The molecule has 0 aliphatic rings. The average molecular weight is 629 g/mol. The zero-order chi connectivity index (χ0) is 31.6. The number of nitrogens with zero attached hydrogens (tertiary/aromatic N) is 2. The van der Waals surface area contributed by atoms with Gasteiger partial charge >= 0.3 is 6.18 Å². The van der Waals surface area contributed by atoms with Crippen molar-refractivity contribution >= 4 is 81.9 Å². The number of aryl methyl sites for hydroxylation is 1. The first kappa shape index (κ1) is 28.2. The summed E-state index contributed by atoms with van der Waals surface area (Å²) in [5.74, 6) is 0. The van der Waals surface area contributed by atoms with Crippen LogP contribution in [0.25, 0.3) is 42.1 Å². The van der Waals surface area contributed by atoms with E-state index in [-0.39, 0.29) is 0 Å². The van der Waals surface area contributed by atoms with E-state index in [0.717, 1.165) is 51.2 Å². The normalized spacial score (nSPS) is 12.0. The maximum atomic E-state index is 13.1. The molecule has 2 aromatic heterocycles. The Morgan fingerprint density at radius 1 is 0.543 bits per heavy atom. The third-order valence-electron chi connectivity index (χ3n) is 8.55. The number of benzene rings is 6. The summed E-state index contributed by atoms with van der Waals surface area (Å²) >= 11 is 1.81. The quantitative estimate of drug-likeness (QED) is 0.189. The smallest absolute Gasteiger partial charge is 0.416 e. The van der Waals surface area contributed by atoms with Crippen molar-refractivity contribution in [3.63, 3.8) is 0 Å². The topological polar surface area (TPSA) is 19.6 Å². The summed E-state index contributed by atoms with van der Waals surface area (Å²) in [6.45, 7) is 2.13. The van der Waals surface area contributed by atoms with E-state index in [9.17, 15) is 13.2 Å². The highest BCUT2D eigenvalue weighted by atomic mass is 32.1. The lowest BCUT2D eigenvalue weighted by Gasteiger charge is -2.25. The molecule has 0 saturated heterocycles. The Morgan fingerprint density at radius 3 is 1.80 bits per heavy atom. The van der Waals surface area contributed by atoms with Crippen LogP contribution in [0.3, 0.4) is 0 Å². The van der Waals surface area contributed by atoms with Gasteiger partial charge in [-0.1, -0.05) is 29.8 Å². The van der Waals surface area contributed by atoms with E-state index in [4.69, 9.17) is 4.42 Å². The van der Waals surface area contributed by atoms with Gasteiger partial charge in [-0.15, -0.1) is 11.3 Å². The highest BCUT2D eigenvalue weighted by Crippen LogP contribution is 2.43. The SMILES string of the molecule is Cc1ccc2sc3ccc(N(c4ccccc4)c4ccc5c(c4)oc4cc(N(C)c6ccc(C(F)(F)F)cc6)ccc45)cc3c2c1. The molecule has 46 heavy (non-hydrogen) atoms. The molecule has 0 amide bonds. The second-order valence-corrected chi connectivity index (χ2v) is 12.6. The molecular formula is C39H27F3N2OS. The number of fused-ring (bicyclic) bond motifs is 6. The van der Waals surface area contributed by atoms with Crippen LogP contribution < -0.4 is 9.80 Å². The number of para-hydroxylation sites is 1. The van der Waals surface area contributed by atoms with Crippen LogP contribution in [0, 0.1) is 6.92 Å². The zero-order valence-electron chi connectivity index (χ0n) is 25.0. The van der Waals surface area contributed by atoms with Crippen molar-refractivity contribution < 1.29 is 17.6 Å². The van der Waals surface area contributed by atoms with Crippen molar-refractivity contribution in [2.75, 3.05) is 16.8 Å². The van der Waals surface area contributed by atoms with Gasteiger partial charge in [-0.05, 0) is 97.9 Å². The van der Waals surface area contributed by atoms with Crippen LogP contribution in [0.4, 0.5) is 41.6 Å². The molecule has 0 fully saturated rings. The molecule has 0 aliphatic carbocycles. The molecule has 226 valence electrons. The summed E-state index contributed by atoms with van der Waals surface area (Å²) in [7, 11) is 1.83. The molecule has 0 bridgehead atoms. The maximum absolute atomic E-state index is 13.1. The number of halogens is 3. The Labute approximate surface area is 267 Å². The maximum Gasteiger partial charge on any atom is 0.416 e. The van der Waals surface area contributed by atoms with Crippen molar-refractivity contribution in [1.82, 2.24) is 0 Å². The van der Waals surface area contributed by atoms with Crippen LogP contribution in [-0.4, -0.2) is 7.05 Å². The minimum absolute atomic E-state index is 0.648. The van der Waals surface area contributed by atoms with E-state index in [2.05, 4.69) is 78.6 Å². The third kappa shape index (κ3) is 4.84. The zero-order valence-corrected chi connectivity index (χ0v) is 25.8. The number of hydrogen-bond donors (Lipinski definition) is 0. The summed E-state index contributed by atoms with van der Waals surface area (Å²) in [4.78, 5) is 4.09. The van der Waals surface area contributed by atoms with Gasteiger partial charge in [0, 0.05) is 78.6 Å². The van der Waals surface area contributed by atoms with E-state index < -0.39 is 11.7 Å². The number of hydrogen-bond acceptors (Lipinski definition) is 4. The van der Waals surface area contributed by atoms with Crippen molar-refractivity contribution in [1.29, 1.82) is 0 Å². The average Bonchev–Trinajstić information content (AvgIpc) is 3.61. The van der Waals surface area contributed by atoms with E-state index in [1.807, 2.05) is 59.7 Å². The van der Waals surface area contributed by atoms with Gasteiger partial charge in [0.2, 0.25) is 0 Å². The number of thiophene rings is 1. The molecular weight excluding hydrogens is 602 g/mol. The molecule has 0 saturated carbocycles. The van der Waals surface area contributed by atoms with Gasteiger partial charge in [0.15, 0.2) is 0 Å². The molecule has 8 rings (SSSR count). The summed E-state index contributed by atoms with van der Waals surface area (Å²) < 4.78 is 48.2. The highest BCUT2D eigenvalue weighted by Gasteiger charge is 2.30. The fourth-order valence-corrected chi connectivity index (χ4v) is 7.23. The second-order valence-electron chi connectivity index (χ2n) is 11.5. The Kier molecular flexibility index (Phi) is 6.55. The first-order valence-electron chi connectivity index (χ1n) is 14.9. The van der Waals surface area contributed by atoms with Crippen LogP contribution in [-0.2, 0) is 6.18 Å². The second kappa shape index (κ2) is 10.7. The molecule has 3 nitrogen and oxygen atoms in total. The van der Waals surface area contributed by atoms with Gasteiger partial charge in [0.25, 0.3) is 0 Å². The van der Waals surface area contributed by atoms with Crippen LogP contribution in [0.15, 0.2) is 132 Å². The molecule has 0 atom stereocenters. The molecule has 0 N–H and O–H groups in total. The molecule has 0 aliphatic heterocycles. The van der Waals surface area contributed by atoms with Crippen molar-refractivity contribution in [3.8, 4) is 0 Å². The molecule has 0 radical (unpaired) electrons. The Morgan fingerprint density at radius 2 is 1.11 bits per heavy atom. The fraction of sp³-hybridized carbons (Fsp3) is 0.0769. The van der Waals surface area contributed by atoms with Gasteiger partial charge < -0.3 is 14.2 Å². The highest BCUT2D eigenvalue weighted by molar-refractivity contribution is 7.25. The van der Waals surface area contributed by atoms with Gasteiger partial charge in [0.1, 0.15) is 11.2 Å². The number of furan rings is 1. The van der Waals surface area contributed by atoms with Gasteiger partial charge in [-0.2, -0.15) is 13.2 Å². The van der Waals surface area contributed by atoms with Crippen LogP contribution >= 0.6 is 11.3 Å². The number of rotatable bonds is 5. The molecule has 0 unspecified atom stereocenters. The summed E-state index contributed by atoms with van der Waals surface area (Å²) in [6.07, 6.45) is -4.37. The standard InChI is InChI=1S/C39H27F3N2OS/c1-24-8-18-37-33(20-24)34-21-29(15-19-38(34)46-37)44(27-6-4-3-5-7-27)30-14-17-32-31-16-13-28(22-35(31)45-36(32)23-30)43(2)26-11-9-25(10-12-26)39(40,41)42/h3-23H,1-2H3.